The summed E-state index contributed by atoms with van der Waals surface area (Å²) in [6.07, 6.45) is 8.07. The third-order valence-electron chi connectivity index (χ3n) is 3.99. The van der Waals surface area contributed by atoms with Crippen molar-refractivity contribution in [3.05, 3.63) is 22.4 Å². The van der Waals surface area contributed by atoms with Crippen LogP contribution in [0.3, 0.4) is 0 Å². The van der Waals surface area contributed by atoms with Crippen molar-refractivity contribution in [1.29, 1.82) is 0 Å². The Hall–Kier alpha value is -0.520. The van der Waals surface area contributed by atoms with Crippen LogP contribution >= 0.6 is 28.3 Å². The van der Waals surface area contributed by atoms with Crippen LogP contribution in [-0.4, -0.2) is 23.1 Å². The standard InChI is InChI=1S/C14H22BrN3O.ClH/c1-18-9-11(15)7-13(18)14(19)17-12(8-16)10-5-3-2-4-6-10;/h7,9-10,12H,2-6,8,16H2,1H3,(H,17,19);1H. The molecule has 0 spiro atoms. The predicted octanol–water partition coefficient (Wildman–Crippen LogP) is 2.85. The van der Waals surface area contributed by atoms with Crippen molar-refractivity contribution in [1.82, 2.24) is 9.88 Å². The van der Waals surface area contributed by atoms with Gasteiger partial charge in [-0.05, 0) is 40.8 Å². The van der Waals surface area contributed by atoms with E-state index in [1.807, 2.05) is 23.9 Å². The van der Waals surface area contributed by atoms with Crippen LogP contribution in [-0.2, 0) is 7.05 Å². The number of carbonyl (C=O) groups excluding carboxylic acids is 1. The zero-order valence-corrected chi connectivity index (χ0v) is 14.2. The highest BCUT2D eigenvalue weighted by Gasteiger charge is 2.25. The first-order valence-electron chi connectivity index (χ1n) is 6.94. The van der Waals surface area contributed by atoms with Gasteiger partial charge >= 0.3 is 0 Å². The smallest absolute Gasteiger partial charge is 0.268 e. The van der Waals surface area contributed by atoms with E-state index in [9.17, 15) is 4.79 Å². The molecule has 0 saturated heterocycles. The fourth-order valence-corrected chi connectivity index (χ4v) is 3.42. The molecule has 1 aromatic rings. The summed E-state index contributed by atoms with van der Waals surface area (Å²) in [5.74, 6) is 0.501. The maximum absolute atomic E-state index is 12.3. The zero-order valence-electron chi connectivity index (χ0n) is 11.8. The van der Waals surface area contributed by atoms with Crippen LogP contribution in [0.2, 0.25) is 0 Å². The molecule has 0 radical (unpaired) electrons. The SMILES string of the molecule is Cl.Cn1cc(Br)cc1C(=O)NC(CN)C1CCCCC1. The maximum Gasteiger partial charge on any atom is 0.268 e. The molecule has 1 heterocycles. The molecule has 0 aliphatic heterocycles. The van der Waals surface area contributed by atoms with Crippen LogP contribution in [0.1, 0.15) is 42.6 Å². The highest BCUT2D eigenvalue weighted by atomic mass is 79.9. The highest BCUT2D eigenvalue weighted by molar-refractivity contribution is 9.10. The number of amides is 1. The molecule has 20 heavy (non-hydrogen) atoms. The Morgan fingerprint density at radius 2 is 2.15 bits per heavy atom. The molecule has 0 bridgehead atoms. The number of aryl methyl sites for hydroxylation is 1. The van der Waals surface area contributed by atoms with Crippen molar-refractivity contribution in [3.63, 3.8) is 0 Å². The maximum atomic E-state index is 12.3. The van der Waals surface area contributed by atoms with Gasteiger partial charge in [-0.25, -0.2) is 0 Å². The summed E-state index contributed by atoms with van der Waals surface area (Å²) >= 11 is 3.39. The van der Waals surface area contributed by atoms with Gasteiger partial charge in [0.15, 0.2) is 0 Å². The van der Waals surface area contributed by atoms with Crippen LogP contribution in [0.15, 0.2) is 16.7 Å². The Morgan fingerprint density at radius 3 is 2.65 bits per heavy atom. The van der Waals surface area contributed by atoms with Gasteiger partial charge in [-0.3, -0.25) is 4.79 Å². The van der Waals surface area contributed by atoms with Gasteiger partial charge in [-0.1, -0.05) is 19.3 Å². The summed E-state index contributed by atoms with van der Waals surface area (Å²) < 4.78 is 2.75. The Labute approximate surface area is 135 Å². The molecule has 2 rings (SSSR count). The number of nitrogens with zero attached hydrogens (tertiary/aromatic N) is 1. The number of hydrogen-bond acceptors (Lipinski definition) is 2. The van der Waals surface area contributed by atoms with E-state index in [0.29, 0.717) is 18.2 Å². The summed E-state index contributed by atoms with van der Waals surface area (Å²) in [7, 11) is 1.87. The average Bonchev–Trinajstić information content (AvgIpc) is 2.76. The van der Waals surface area contributed by atoms with Crippen molar-refractivity contribution < 1.29 is 4.79 Å². The molecular weight excluding hydrogens is 342 g/mol. The van der Waals surface area contributed by atoms with E-state index >= 15 is 0 Å². The van der Waals surface area contributed by atoms with Gasteiger partial charge < -0.3 is 15.6 Å². The van der Waals surface area contributed by atoms with Crippen molar-refractivity contribution in [2.75, 3.05) is 6.54 Å². The average molecular weight is 365 g/mol. The number of nitrogens with one attached hydrogen (secondary N) is 1. The van der Waals surface area contributed by atoms with Gasteiger partial charge in [-0.15, -0.1) is 12.4 Å². The minimum absolute atomic E-state index is 0. The molecule has 114 valence electrons. The normalized spacial score (nSPS) is 17.4. The zero-order chi connectivity index (χ0) is 13.8. The van der Waals surface area contributed by atoms with Crippen LogP contribution < -0.4 is 11.1 Å². The Balaban J connectivity index is 0.00000200. The van der Waals surface area contributed by atoms with Gasteiger partial charge in [0.2, 0.25) is 0 Å². The lowest BCUT2D eigenvalue weighted by molar-refractivity contribution is 0.0907. The third-order valence-corrected chi connectivity index (χ3v) is 4.43. The number of hydrogen-bond donors (Lipinski definition) is 2. The minimum atomic E-state index is -0.0331. The largest absolute Gasteiger partial charge is 0.346 e. The predicted molar refractivity (Wildman–Crippen MR) is 87.2 cm³/mol. The lowest BCUT2D eigenvalue weighted by Gasteiger charge is -2.30. The molecule has 1 aromatic heterocycles. The van der Waals surface area contributed by atoms with E-state index in [2.05, 4.69) is 21.2 Å². The van der Waals surface area contributed by atoms with Gasteiger partial charge in [0, 0.05) is 30.3 Å². The number of nitrogens with two attached hydrogens (primary N) is 1. The van der Waals surface area contributed by atoms with Gasteiger partial charge in [0.1, 0.15) is 5.69 Å². The molecule has 1 atom stereocenters. The molecule has 1 fully saturated rings. The second-order valence-corrected chi connectivity index (χ2v) is 6.28. The molecule has 1 aliphatic carbocycles. The van der Waals surface area contributed by atoms with E-state index < -0.39 is 0 Å². The summed E-state index contributed by atoms with van der Waals surface area (Å²) in [4.78, 5) is 12.3. The molecule has 1 aliphatic rings. The van der Waals surface area contributed by atoms with E-state index in [4.69, 9.17) is 5.73 Å². The van der Waals surface area contributed by atoms with Crippen molar-refractivity contribution in [3.8, 4) is 0 Å². The Bertz CT molecular complexity index is 444. The Kier molecular flexibility index (Phi) is 7.06. The minimum Gasteiger partial charge on any atom is -0.346 e. The third kappa shape index (κ3) is 4.24. The lowest BCUT2D eigenvalue weighted by Crippen LogP contribution is -2.46. The van der Waals surface area contributed by atoms with Gasteiger partial charge in [-0.2, -0.15) is 0 Å². The number of halogens is 2. The summed E-state index contributed by atoms with van der Waals surface area (Å²) in [5.41, 5.74) is 6.51. The topological polar surface area (TPSA) is 60.0 Å². The van der Waals surface area contributed by atoms with Crippen molar-refractivity contribution in [2.45, 2.75) is 38.1 Å². The number of rotatable bonds is 4. The molecule has 1 amide bonds. The summed E-state index contributed by atoms with van der Waals surface area (Å²) in [6.45, 7) is 0.516. The van der Waals surface area contributed by atoms with E-state index in [0.717, 1.165) is 4.47 Å². The van der Waals surface area contributed by atoms with Crippen LogP contribution in [0.5, 0.6) is 0 Å². The van der Waals surface area contributed by atoms with Gasteiger partial charge in [0.25, 0.3) is 5.91 Å². The van der Waals surface area contributed by atoms with Crippen molar-refractivity contribution in [2.24, 2.45) is 18.7 Å². The second-order valence-electron chi connectivity index (χ2n) is 5.37. The molecule has 0 aromatic carbocycles. The van der Waals surface area contributed by atoms with E-state index in [1.54, 1.807) is 0 Å². The fraction of sp³-hybridized carbons (Fsp3) is 0.643. The highest BCUT2D eigenvalue weighted by Crippen LogP contribution is 2.26. The fourth-order valence-electron chi connectivity index (χ4n) is 2.90. The van der Waals surface area contributed by atoms with Crippen LogP contribution in [0.4, 0.5) is 0 Å². The number of aromatic nitrogens is 1. The van der Waals surface area contributed by atoms with Crippen molar-refractivity contribution >= 4 is 34.2 Å². The molecule has 4 nitrogen and oxygen atoms in total. The van der Waals surface area contributed by atoms with E-state index in [1.165, 1.54) is 32.1 Å². The quantitative estimate of drug-likeness (QED) is 0.863. The first kappa shape index (κ1) is 17.5. The second kappa shape index (κ2) is 8.05. The van der Waals surface area contributed by atoms with Crippen LogP contribution in [0, 0.1) is 5.92 Å². The van der Waals surface area contributed by atoms with Gasteiger partial charge in [0.05, 0.1) is 0 Å². The summed E-state index contributed by atoms with van der Waals surface area (Å²) in [6, 6.07) is 1.94. The molecule has 3 N–H and O–H groups in total. The molecule has 1 saturated carbocycles. The lowest BCUT2D eigenvalue weighted by atomic mass is 9.84. The molecular formula is C14H23BrClN3O. The monoisotopic (exact) mass is 363 g/mol. The summed E-state index contributed by atoms with van der Waals surface area (Å²) in [5, 5.41) is 3.10. The number of carbonyl (C=O) groups is 1. The first-order chi connectivity index (χ1) is 9.11. The molecule has 1 unspecified atom stereocenters. The Morgan fingerprint density at radius 1 is 1.50 bits per heavy atom. The molecule has 6 heteroatoms. The van der Waals surface area contributed by atoms with Crippen LogP contribution in [0.25, 0.3) is 0 Å². The first-order valence-corrected chi connectivity index (χ1v) is 7.74. The van der Waals surface area contributed by atoms with E-state index in [-0.39, 0.29) is 24.4 Å².